The van der Waals surface area contributed by atoms with E-state index in [-0.39, 0.29) is 5.54 Å². The van der Waals surface area contributed by atoms with Crippen molar-refractivity contribution in [2.24, 2.45) is 11.8 Å². The monoisotopic (exact) mass is 231 g/mol. The summed E-state index contributed by atoms with van der Waals surface area (Å²) in [6.45, 7) is 12.6. The van der Waals surface area contributed by atoms with E-state index in [1.165, 1.54) is 18.6 Å². The van der Waals surface area contributed by atoms with E-state index >= 15 is 0 Å². The van der Waals surface area contributed by atoms with Crippen LogP contribution in [0.4, 0.5) is 0 Å². The first kappa shape index (κ1) is 15.3. The number of hydrogen-bond acceptors (Lipinski definition) is 2. The fraction of sp³-hybridized carbons (Fsp3) is 1.00. The zero-order valence-electron chi connectivity index (χ0n) is 11.4. The fourth-order valence-corrected chi connectivity index (χ4v) is 2.05. The molecule has 1 N–H and O–H groups in total. The molecule has 0 aliphatic carbocycles. The summed E-state index contributed by atoms with van der Waals surface area (Å²) >= 11 is 1.96. The Bertz CT molecular complexity index is 149. The maximum absolute atomic E-state index is 3.62. The molecule has 0 rings (SSSR count). The first-order valence-corrected chi connectivity index (χ1v) is 7.50. The predicted molar refractivity (Wildman–Crippen MR) is 73.7 cm³/mol. The normalized spacial score (nSPS) is 14.6. The highest BCUT2D eigenvalue weighted by atomic mass is 32.2. The molecule has 0 radical (unpaired) electrons. The van der Waals surface area contributed by atoms with Crippen LogP contribution in [0, 0.1) is 11.8 Å². The maximum Gasteiger partial charge on any atom is 0.00966 e. The molecule has 0 spiro atoms. The highest BCUT2D eigenvalue weighted by molar-refractivity contribution is 7.98. The van der Waals surface area contributed by atoms with Gasteiger partial charge in [0, 0.05) is 5.54 Å². The van der Waals surface area contributed by atoms with E-state index in [1.54, 1.807) is 0 Å². The topological polar surface area (TPSA) is 12.0 Å². The van der Waals surface area contributed by atoms with Gasteiger partial charge < -0.3 is 5.32 Å². The van der Waals surface area contributed by atoms with Gasteiger partial charge in [-0.1, -0.05) is 13.8 Å². The lowest BCUT2D eigenvalue weighted by Gasteiger charge is -2.27. The molecule has 0 aromatic rings. The van der Waals surface area contributed by atoms with E-state index in [0.717, 1.165) is 18.4 Å². The summed E-state index contributed by atoms with van der Waals surface area (Å²) in [4.78, 5) is 0. The Morgan fingerprint density at radius 2 is 1.80 bits per heavy atom. The van der Waals surface area contributed by atoms with Gasteiger partial charge in [0.1, 0.15) is 0 Å². The second kappa shape index (κ2) is 7.56. The molecule has 0 fully saturated rings. The van der Waals surface area contributed by atoms with E-state index < -0.39 is 0 Å². The SMILES string of the molecule is CSCCCC(CNC(C)(C)C)C(C)C. The molecule has 0 aromatic carbocycles. The highest BCUT2D eigenvalue weighted by Gasteiger charge is 2.16. The van der Waals surface area contributed by atoms with Crippen LogP contribution in [0.1, 0.15) is 47.5 Å². The van der Waals surface area contributed by atoms with E-state index in [0.29, 0.717) is 0 Å². The summed E-state index contributed by atoms with van der Waals surface area (Å²) in [6, 6.07) is 0. The van der Waals surface area contributed by atoms with Crippen LogP contribution in [-0.4, -0.2) is 24.1 Å². The molecule has 0 heterocycles. The summed E-state index contributed by atoms with van der Waals surface area (Å²) in [5, 5.41) is 3.62. The summed E-state index contributed by atoms with van der Waals surface area (Å²) in [6.07, 6.45) is 4.91. The molecule has 0 saturated heterocycles. The molecule has 0 amide bonds. The second-order valence-corrected chi connectivity index (χ2v) is 6.76. The van der Waals surface area contributed by atoms with Gasteiger partial charge in [-0.2, -0.15) is 11.8 Å². The van der Waals surface area contributed by atoms with Gasteiger partial charge in [0.15, 0.2) is 0 Å². The lowest BCUT2D eigenvalue weighted by atomic mass is 9.90. The van der Waals surface area contributed by atoms with Crippen LogP contribution in [0.3, 0.4) is 0 Å². The summed E-state index contributed by atoms with van der Waals surface area (Å²) in [7, 11) is 0. The Balaban J connectivity index is 3.84. The van der Waals surface area contributed by atoms with E-state index in [1.807, 2.05) is 11.8 Å². The van der Waals surface area contributed by atoms with Crippen LogP contribution < -0.4 is 5.32 Å². The van der Waals surface area contributed by atoms with Gasteiger partial charge in [0.25, 0.3) is 0 Å². The Morgan fingerprint density at radius 3 is 2.20 bits per heavy atom. The average Bonchev–Trinajstić information content (AvgIpc) is 2.08. The van der Waals surface area contributed by atoms with Gasteiger partial charge >= 0.3 is 0 Å². The zero-order valence-corrected chi connectivity index (χ0v) is 12.2. The smallest absolute Gasteiger partial charge is 0.00966 e. The van der Waals surface area contributed by atoms with Gasteiger partial charge in [-0.25, -0.2) is 0 Å². The van der Waals surface area contributed by atoms with Gasteiger partial charge in [-0.15, -0.1) is 0 Å². The van der Waals surface area contributed by atoms with Crippen molar-refractivity contribution in [3.63, 3.8) is 0 Å². The molecule has 0 bridgehead atoms. The van der Waals surface area contributed by atoms with Crippen molar-refractivity contribution in [1.29, 1.82) is 0 Å². The fourth-order valence-electron chi connectivity index (χ4n) is 1.60. The minimum atomic E-state index is 0.257. The van der Waals surface area contributed by atoms with Crippen LogP contribution in [-0.2, 0) is 0 Å². The van der Waals surface area contributed by atoms with Crippen molar-refractivity contribution in [3.8, 4) is 0 Å². The largest absolute Gasteiger partial charge is 0.312 e. The molecule has 2 heteroatoms. The van der Waals surface area contributed by atoms with Crippen molar-refractivity contribution in [1.82, 2.24) is 5.32 Å². The first-order valence-electron chi connectivity index (χ1n) is 6.11. The number of rotatable bonds is 7. The summed E-state index contributed by atoms with van der Waals surface area (Å²) in [5.41, 5.74) is 0.257. The number of thioether (sulfide) groups is 1. The Morgan fingerprint density at radius 1 is 1.20 bits per heavy atom. The average molecular weight is 231 g/mol. The molecule has 0 aliphatic rings. The van der Waals surface area contributed by atoms with Crippen LogP contribution in [0.5, 0.6) is 0 Å². The third-order valence-corrected chi connectivity index (χ3v) is 3.46. The van der Waals surface area contributed by atoms with Crippen molar-refractivity contribution < 1.29 is 0 Å². The molecule has 1 unspecified atom stereocenters. The van der Waals surface area contributed by atoms with Crippen molar-refractivity contribution >= 4 is 11.8 Å². The van der Waals surface area contributed by atoms with Crippen LogP contribution in [0.25, 0.3) is 0 Å². The van der Waals surface area contributed by atoms with Gasteiger partial charge in [0.05, 0.1) is 0 Å². The molecule has 1 atom stereocenters. The highest BCUT2D eigenvalue weighted by Crippen LogP contribution is 2.18. The van der Waals surface area contributed by atoms with E-state index in [9.17, 15) is 0 Å². The van der Waals surface area contributed by atoms with E-state index in [2.05, 4.69) is 46.2 Å². The Hall–Kier alpha value is 0.310. The van der Waals surface area contributed by atoms with Crippen LogP contribution in [0.15, 0.2) is 0 Å². The summed E-state index contributed by atoms with van der Waals surface area (Å²) < 4.78 is 0. The Kier molecular flexibility index (Phi) is 7.72. The molecule has 0 aliphatic heterocycles. The van der Waals surface area contributed by atoms with Gasteiger partial charge in [-0.3, -0.25) is 0 Å². The van der Waals surface area contributed by atoms with Crippen LogP contribution in [0.2, 0.25) is 0 Å². The van der Waals surface area contributed by atoms with Crippen molar-refractivity contribution in [3.05, 3.63) is 0 Å². The maximum atomic E-state index is 3.62. The standard InChI is InChI=1S/C13H29NS/c1-11(2)12(8-7-9-15-6)10-14-13(3,4)5/h11-12,14H,7-10H2,1-6H3. The molecule has 0 saturated carbocycles. The summed E-state index contributed by atoms with van der Waals surface area (Å²) in [5.74, 6) is 2.93. The third kappa shape index (κ3) is 9.25. The molecule has 92 valence electrons. The van der Waals surface area contributed by atoms with E-state index in [4.69, 9.17) is 0 Å². The van der Waals surface area contributed by atoms with Crippen molar-refractivity contribution in [2.45, 2.75) is 53.0 Å². The minimum absolute atomic E-state index is 0.257. The lowest BCUT2D eigenvalue weighted by molar-refractivity contribution is 0.298. The molecular weight excluding hydrogens is 202 g/mol. The quantitative estimate of drug-likeness (QED) is 0.669. The Labute approximate surface area is 101 Å². The molecular formula is C13H29NS. The molecule has 0 aromatic heterocycles. The van der Waals surface area contributed by atoms with Gasteiger partial charge in [0.2, 0.25) is 0 Å². The lowest BCUT2D eigenvalue weighted by Crippen LogP contribution is -2.40. The number of hydrogen-bond donors (Lipinski definition) is 1. The third-order valence-electron chi connectivity index (χ3n) is 2.76. The molecule has 1 nitrogen and oxygen atoms in total. The zero-order chi connectivity index (χ0) is 11.9. The first-order chi connectivity index (χ1) is 6.87. The minimum Gasteiger partial charge on any atom is -0.312 e. The van der Waals surface area contributed by atoms with Crippen LogP contribution >= 0.6 is 11.8 Å². The second-order valence-electron chi connectivity index (χ2n) is 5.77. The van der Waals surface area contributed by atoms with Crippen molar-refractivity contribution in [2.75, 3.05) is 18.6 Å². The number of nitrogens with one attached hydrogen (secondary N) is 1. The van der Waals surface area contributed by atoms with Gasteiger partial charge in [-0.05, 0) is 64.0 Å². The molecule has 15 heavy (non-hydrogen) atoms. The predicted octanol–water partition coefficient (Wildman–Crippen LogP) is 3.79.